The van der Waals surface area contributed by atoms with Gasteiger partial charge in [0.05, 0.1) is 12.2 Å². The van der Waals surface area contributed by atoms with Crippen LogP contribution < -0.4 is 5.32 Å². The second kappa shape index (κ2) is 4.04. The molecule has 0 radical (unpaired) electrons. The Morgan fingerprint density at radius 3 is 2.53 bits per heavy atom. The van der Waals surface area contributed by atoms with Crippen molar-refractivity contribution in [2.75, 3.05) is 26.4 Å². The van der Waals surface area contributed by atoms with Crippen molar-refractivity contribution in [3.63, 3.8) is 0 Å². The fourth-order valence-electron chi connectivity index (χ4n) is 3.29. The van der Waals surface area contributed by atoms with E-state index in [4.69, 9.17) is 9.47 Å². The van der Waals surface area contributed by atoms with E-state index in [1.165, 1.54) is 19.3 Å². The van der Waals surface area contributed by atoms with E-state index < -0.39 is 0 Å². The van der Waals surface area contributed by atoms with Crippen LogP contribution >= 0.6 is 0 Å². The third kappa shape index (κ3) is 1.71. The Kier molecular flexibility index (Phi) is 2.71. The van der Waals surface area contributed by atoms with Crippen LogP contribution in [-0.2, 0) is 9.47 Å². The van der Waals surface area contributed by atoms with Crippen molar-refractivity contribution in [1.82, 2.24) is 5.32 Å². The van der Waals surface area contributed by atoms with Crippen LogP contribution in [0.4, 0.5) is 0 Å². The maximum atomic E-state index is 6.13. The van der Waals surface area contributed by atoms with E-state index in [1.54, 1.807) is 0 Å². The summed E-state index contributed by atoms with van der Waals surface area (Å²) in [5.41, 5.74) is 0.113. The molecule has 1 aliphatic carbocycles. The van der Waals surface area contributed by atoms with Gasteiger partial charge in [-0.05, 0) is 18.8 Å². The molecule has 1 atom stereocenters. The normalized spacial score (nSPS) is 36.4. The summed E-state index contributed by atoms with van der Waals surface area (Å²) in [5.74, 6) is 0.864. The molecule has 15 heavy (non-hydrogen) atoms. The summed E-state index contributed by atoms with van der Waals surface area (Å²) in [4.78, 5) is 0. The largest absolute Gasteiger partial charge is 0.381 e. The lowest BCUT2D eigenvalue weighted by atomic mass is 9.70. The van der Waals surface area contributed by atoms with Crippen molar-refractivity contribution in [2.24, 2.45) is 5.92 Å². The lowest BCUT2D eigenvalue weighted by Crippen LogP contribution is -2.63. The number of rotatable bonds is 1. The second-order valence-electron chi connectivity index (χ2n) is 5.15. The average molecular weight is 211 g/mol. The molecule has 0 aromatic carbocycles. The monoisotopic (exact) mass is 211 g/mol. The summed E-state index contributed by atoms with van der Waals surface area (Å²) < 4.78 is 11.6. The van der Waals surface area contributed by atoms with E-state index in [0.29, 0.717) is 6.04 Å². The van der Waals surface area contributed by atoms with Crippen molar-refractivity contribution in [1.29, 1.82) is 0 Å². The molecule has 3 heteroatoms. The van der Waals surface area contributed by atoms with Gasteiger partial charge in [-0.3, -0.25) is 0 Å². The summed E-state index contributed by atoms with van der Waals surface area (Å²) in [6, 6.07) is 0.601. The van der Waals surface area contributed by atoms with Gasteiger partial charge in [0.25, 0.3) is 0 Å². The van der Waals surface area contributed by atoms with Gasteiger partial charge in [0.15, 0.2) is 0 Å². The Hall–Kier alpha value is -0.120. The minimum absolute atomic E-state index is 0.113. The number of morpholine rings is 1. The molecular weight excluding hydrogens is 190 g/mol. The molecule has 3 aliphatic rings. The van der Waals surface area contributed by atoms with E-state index in [0.717, 1.165) is 45.1 Å². The van der Waals surface area contributed by atoms with Crippen molar-refractivity contribution < 1.29 is 9.47 Å². The zero-order valence-corrected chi connectivity index (χ0v) is 9.34. The molecule has 1 spiro atoms. The molecule has 1 saturated carbocycles. The zero-order valence-electron chi connectivity index (χ0n) is 9.34. The van der Waals surface area contributed by atoms with E-state index in [9.17, 15) is 0 Å². The molecule has 3 nitrogen and oxygen atoms in total. The maximum absolute atomic E-state index is 6.13. The second-order valence-corrected chi connectivity index (χ2v) is 5.15. The van der Waals surface area contributed by atoms with Gasteiger partial charge in [-0.2, -0.15) is 0 Å². The molecule has 0 aromatic rings. The van der Waals surface area contributed by atoms with Crippen LogP contribution in [0, 0.1) is 5.92 Å². The van der Waals surface area contributed by atoms with E-state index in [2.05, 4.69) is 5.32 Å². The van der Waals surface area contributed by atoms with Crippen LogP contribution in [0.3, 0.4) is 0 Å². The first-order valence-corrected chi connectivity index (χ1v) is 6.36. The Morgan fingerprint density at radius 1 is 1.07 bits per heavy atom. The standard InChI is InChI=1S/C12H21NO2/c1-2-10(3-1)11-12(15-9-6-13-11)4-7-14-8-5-12/h10-11,13H,1-9H2. The quantitative estimate of drug-likeness (QED) is 0.709. The van der Waals surface area contributed by atoms with Gasteiger partial charge >= 0.3 is 0 Å². The van der Waals surface area contributed by atoms with Crippen molar-refractivity contribution >= 4 is 0 Å². The summed E-state index contributed by atoms with van der Waals surface area (Å²) in [5, 5.41) is 3.70. The highest BCUT2D eigenvalue weighted by atomic mass is 16.5. The van der Waals surface area contributed by atoms with Gasteiger partial charge < -0.3 is 14.8 Å². The predicted octanol–water partition coefficient (Wildman–Crippen LogP) is 1.32. The Labute approximate surface area is 91.5 Å². The fraction of sp³-hybridized carbons (Fsp3) is 1.00. The Morgan fingerprint density at radius 2 is 1.87 bits per heavy atom. The third-order valence-corrected chi connectivity index (χ3v) is 4.38. The number of hydrogen-bond donors (Lipinski definition) is 1. The van der Waals surface area contributed by atoms with Gasteiger partial charge in [-0.1, -0.05) is 6.42 Å². The number of hydrogen-bond acceptors (Lipinski definition) is 3. The molecule has 2 heterocycles. The van der Waals surface area contributed by atoms with Gasteiger partial charge in [0, 0.05) is 38.6 Å². The molecule has 86 valence electrons. The minimum atomic E-state index is 0.113. The molecule has 0 amide bonds. The molecule has 0 bridgehead atoms. The zero-order chi connectivity index (χ0) is 10.1. The lowest BCUT2D eigenvalue weighted by Gasteiger charge is -2.51. The Bertz CT molecular complexity index is 213. The maximum Gasteiger partial charge on any atom is 0.0881 e. The molecule has 1 N–H and O–H groups in total. The van der Waals surface area contributed by atoms with Crippen LogP contribution in [0.5, 0.6) is 0 Å². The topological polar surface area (TPSA) is 30.5 Å². The first kappa shape index (κ1) is 10.1. The van der Waals surface area contributed by atoms with Gasteiger partial charge in [0.2, 0.25) is 0 Å². The first-order chi connectivity index (χ1) is 7.41. The van der Waals surface area contributed by atoms with E-state index in [-0.39, 0.29) is 5.60 Å². The van der Waals surface area contributed by atoms with Crippen molar-refractivity contribution in [2.45, 2.75) is 43.7 Å². The van der Waals surface area contributed by atoms with Gasteiger partial charge in [0.1, 0.15) is 0 Å². The van der Waals surface area contributed by atoms with E-state index in [1.807, 2.05) is 0 Å². The molecule has 2 aliphatic heterocycles. The molecule has 0 aromatic heterocycles. The minimum Gasteiger partial charge on any atom is -0.381 e. The number of ether oxygens (including phenoxy) is 2. The van der Waals surface area contributed by atoms with Crippen LogP contribution in [-0.4, -0.2) is 38.0 Å². The summed E-state index contributed by atoms with van der Waals surface area (Å²) >= 11 is 0. The smallest absolute Gasteiger partial charge is 0.0881 e. The summed E-state index contributed by atoms with van der Waals surface area (Å²) in [6.07, 6.45) is 6.37. The summed E-state index contributed by atoms with van der Waals surface area (Å²) in [6.45, 7) is 3.67. The van der Waals surface area contributed by atoms with Crippen LogP contribution in [0.1, 0.15) is 32.1 Å². The fourth-order valence-corrected chi connectivity index (χ4v) is 3.29. The van der Waals surface area contributed by atoms with Crippen LogP contribution in [0.2, 0.25) is 0 Å². The van der Waals surface area contributed by atoms with E-state index >= 15 is 0 Å². The van der Waals surface area contributed by atoms with Crippen LogP contribution in [0.25, 0.3) is 0 Å². The highest BCUT2D eigenvalue weighted by Gasteiger charge is 2.47. The highest BCUT2D eigenvalue weighted by molar-refractivity contribution is 5.02. The SMILES string of the molecule is C1CC(C2NCCOC23CCOCC3)C1. The molecule has 3 fully saturated rings. The van der Waals surface area contributed by atoms with Gasteiger partial charge in [-0.25, -0.2) is 0 Å². The Balaban J connectivity index is 1.75. The lowest BCUT2D eigenvalue weighted by molar-refractivity contribution is -0.163. The first-order valence-electron chi connectivity index (χ1n) is 6.36. The van der Waals surface area contributed by atoms with Crippen LogP contribution in [0.15, 0.2) is 0 Å². The molecule has 2 saturated heterocycles. The third-order valence-electron chi connectivity index (χ3n) is 4.38. The van der Waals surface area contributed by atoms with Crippen molar-refractivity contribution in [3.05, 3.63) is 0 Å². The molecule has 1 unspecified atom stereocenters. The average Bonchev–Trinajstić information content (AvgIpc) is 2.20. The molecular formula is C12H21NO2. The van der Waals surface area contributed by atoms with Gasteiger partial charge in [-0.15, -0.1) is 0 Å². The predicted molar refractivity (Wildman–Crippen MR) is 57.9 cm³/mol. The molecule has 3 rings (SSSR count). The highest BCUT2D eigenvalue weighted by Crippen LogP contribution is 2.41. The summed E-state index contributed by atoms with van der Waals surface area (Å²) in [7, 11) is 0. The van der Waals surface area contributed by atoms with Crippen molar-refractivity contribution in [3.8, 4) is 0 Å². The number of nitrogens with one attached hydrogen (secondary N) is 1.